The van der Waals surface area contributed by atoms with Crippen LogP contribution in [0.15, 0.2) is 23.4 Å². The Hall–Kier alpha value is -1.11. The predicted molar refractivity (Wildman–Crippen MR) is 70.7 cm³/mol. The van der Waals surface area contributed by atoms with Crippen LogP contribution in [0.4, 0.5) is 0 Å². The molecule has 0 unspecified atom stereocenters. The molecule has 0 aliphatic rings. The number of hydrogen-bond donors (Lipinski definition) is 1. The molecule has 1 N–H and O–H groups in total. The summed E-state index contributed by atoms with van der Waals surface area (Å²) in [5.74, 6) is 0.699. The molecule has 0 fully saturated rings. The topological polar surface area (TPSA) is 63.8 Å². The van der Waals surface area contributed by atoms with E-state index in [1.807, 2.05) is 25.1 Å². The summed E-state index contributed by atoms with van der Waals surface area (Å²) in [6.45, 7) is 2.42. The smallest absolute Gasteiger partial charge is 0.209 e. The van der Waals surface area contributed by atoms with Gasteiger partial charge in [0.25, 0.3) is 0 Å². The second-order valence-electron chi connectivity index (χ2n) is 3.79. The van der Waals surface area contributed by atoms with Crippen molar-refractivity contribution < 1.29 is 5.11 Å². The fourth-order valence-electron chi connectivity index (χ4n) is 1.45. The Labute approximate surface area is 114 Å². The van der Waals surface area contributed by atoms with Gasteiger partial charge in [-0.3, -0.25) is 0 Å². The molecule has 0 saturated carbocycles. The highest BCUT2D eigenvalue weighted by Crippen LogP contribution is 2.25. The van der Waals surface area contributed by atoms with E-state index < -0.39 is 0 Å². The minimum atomic E-state index is 0.0177. The van der Waals surface area contributed by atoms with Gasteiger partial charge in [0, 0.05) is 10.8 Å². The van der Waals surface area contributed by atoms with Gasteiger partial charge in [-0.05, 0) is 34.5 Å². The van der Waals surface area contributed by atoms with E-state index in [1.54, 1.807) is 4.68 Å². The molecule has 5 nitrogen and oxygen atoms in total. The van der Waals surface area contributed by atoms with Crippen LogP contribution in [0, 0.1) is 6.92 Å². The predicted octanol–water partition coefficient (Wildman–Crippen LogP) is 1.92. The van der Waals surface area contributed by atoms with Crippen LogP contribution in [0.25, 0.3) is 0 Å². The van der Waals surface area contributed by atoms with Crippen molar-refractivity contribution in [2.75, 3.05) is 6.61 Å². The molecule has 0 spiro atoms. The van der Waals surface area contributed by atoms with Crippen LogP contribution in [0.2, 0.25) is 5.02 Å². The number of hydrogen-bond acceptors (Lipinski definition) is 5. The zero-order valence-electron chi connectivity index (χ0n) is 9.88. The van der Waals surface area contributed by atoms with Crippen molar-refractivity contribution in [2.45, 2.75) is 24.4 Å². The van der Waals surface area contributed by atoms with Gasteiger partial charge in [-0.2, -0.15) is 0 Å². The molecule has 2 rings (SSSR count). The number of thioether (sulfide) groups is 1. The van der Waals surface area contributed by atoms with Crippen LogP contribution in [0.3, 0.4) is 0 Å². The van der Waals surface area contributed by atoms with E-state index in [4.69, 9.17) is 16.7 Å². The van der Waals surface area contributed by atoms with Gasteiger partial charge in [-0.1, -0.05) is 35.5 Å². The van der Waals surface area contributed by atoms with Crippen molar-refractivity contribution in [3.8, 4) is 0 Å². The van der Waals surface area contributed by atoms with Gasteiger partial charge in [0.05, 0.1) is 13.2 Å². The average Bonchev–Trinajstić information content (AvgIpc) is 2.76. The summed E-state index contributed by atoms with van der Waals surface area (Å²) in [6.07, 6.45) is 0. The number of aromatic nitrogens is 4. The third kappa shape index (κ3) is 3.22. The zero-order valence-corrected chi connectivity index (χ0v) is 11.4. The summed E-state index contributed by atoms with van der Waals surface area (Å²) in [7, 11) is 0. The highest BCUT2D eigenvalue weighted by Gasteiger charge is 2.08. The molecule has 0 atom stereocenters. The molecule has 0 saturated heterocycles. The van der Waals surface area contributed by atoms with E-state index in [-0.39, 0.29) is 6.61 Å². The lowest BCUT2D eigenvalue weighted by Gasteiger charge is -2.05. The zero-order chi connectivity index (χ0) is 13.0. The van der Waals surface area contributed by atoms with E-state index in [1.165, 1.54) is 11.8 Å². The maximum absolute atomic E-state index is 8.88. The van der Waals surface area contributed by atoms with Crippen molar-refractivity contribution >= 4 is 23.4 Å². The summed E-state index contributed by atoms with van der Waals surface area (Å²) in [4.78, 5) is 0. The quantitative estimate of drug-likeness (QED) is 0.850. The number of nitrogens with zero attached hydrogens (tertiary/aromatic N) is 4. The van der Waals surface area contributed by atoms with Crippen molar-refractivity contribution in [3.63, 3.8) is 0 Å². The van der Waals surface area contributed by atoms with Crippen molar-refractivity contribution in [2.24, 2.45) is 0 Å². The molecule has 0 bridgehead atoms. The largest absolute Gasteiger partial charge is 0.394 e. The van der Waals surface area contributed by atoms with E-state index in [9.17, 15) is 0 Å². The number of tetrazole rings is 1. The molecule has 0 radical (unpaired) electrons. The number of aryl methyl sites for hydroxylation is 1. The van der Waals surface area contributed by atoms with E-state index in [2.05, 4.69) is 15.5 Å². The highest BCUT2D eigenvalue weighted by atomic mass is 35.5. The van der Waals surface area contributed by atoms with Crippen LogP contribution in [-0.4, -0.2) is 31.9 Å². The maximum atomic E-state index is 8.88. The fraction of sp³-hybridized carbons (Fsp3) is 0.364. The van der Waals surface area contributed by atoms with Crippen LogP contribution in [0.1, 0.15) is 11.1 Å². The van der Waals surface area contributed by atoms with Crippen molar-refractivity contribution in [3.05, 3.63) is 34.3 Å². The highest BCUT2D eigenvalue weighted by molar-refractivity contribution is 7.98. The number of aliphatic hydroxyl groups is 1. The van der Waals surface area contributed by atoms with Crippen LogP contribution in [0.5, 0.6) is 0 Å². The molecule has 2 aromatic rings. The Morgan fingerprint density at radius 1 is 1.44 bits per heavy atom. The minimum absolute atomic E-state index is 0.0177. The summed E-state index contributed by atoms with van der Waals surface area (Å²) in [5, 5.41) is 21.6. The average molecular weight is 285 g/mol. The molecule has 0 aliphatic carbocycles. The summed E-state index contributed by atoms with van der Waals surface area (Å²) >= 11 is 7.66. The lowest BCUT2D eigenvalue weighted by Crippen LogP contribution is -2.05. The molecule has 0 aliphatic heterocycles. The van der Waals surface area contributed by atoms with E-state index in [0.29, 0.717) is 17.5 Å². The van der Waals surface area contributed by atoms with Crippen LogP contribution in [-0.2, 0) is 12.3 Å². The van der Waals surface area contributed by atoms with Crippen LogP contribution >= 0.6 is 23.4 Å². The Balaban J connectivity index is 2.04. The number of rotatable bonds is 5. The van der Waals surface area contributed by atoms with Gasteiger partial charge in [0.2, 0.25) is 5.16 Å². The maximum Gasteiger partial charge on any atom is 0.209 e. The Bertz CT molecular complexity index is 532. The Kier molecular flexibility index (Phi) is 4.57. The lowest BCUT2D eigenvalue weighted by atomic mass is 10.2. The molecular formula is C11H13ClN4OS. The molecule has 18 heavy (non-hydrogen) atoms. The summed E-state index contributed by atoms with van der Waals surface area (Å²) in [6, 6.07) is 5.97. The second-order valence-corrected chi connectivity index (χ2v) is 5.14. The molecule has 1 aromatic heterocycles. The first-order chi connectivity index (χ1) is 8.70. The molecule has 0 amide bonds. The van der Waals surface area contributed by atoms with Crippen LogP contribution < -0.4 is 0 Å². The first-order valence-corrected chi connectivity index (χ1v) is 6.82. The summed E-state index contributed by atoms with van der Waals surface area (Å²) in [5.41, 5.74) is 2.18. The minimum Gasteiger partial charge on any atom is -0.394 e. The molecule has 96 valence electrons. The number of aliphatic hydroxyl groups excluding tert-OH is 1. The normalized spacial score (nSPS) is 10.8. The SMILES string of the molecule is Cc1ccc(CSc2nnnn2CCO)c(Cl)c1. The van der Waals surface area contributed by atoms with Gasteiger partial charge < -0.3 is 5.11 Å². The third-order valence-electron chi connectivity index (χ3n) is 2.38. The van der Waals surface area contributed by atoms with Gasteiger partial charge in [0.1, 0.15) is 0 Å². The Morgan fingerprint density at radius 2 is 2.28 bits per heavy atom. The van der Waals surface area contributed by atoms with E-state index in [0.717, 1.165) is 16.1 Å². The van der Waals surface area contributed by atoms with Gasteiger partial charge >= 0.3 is 0 Å². The molecule has 1 aromatic carbocycles. The molecular weight excluding hydrogens is 272 g/mol. The second kappa shape index (κ2) is 6.17. The Morgan fingerprint density at radius 3 is 3.00 bits per heavy atom. The first-order valence-electron chi connectivity index (χ1n) is 5.45. The van der Waals surface area contributed by atoms with Gasteiger partial charge in [0.15, 0.2) is 0 Å². The number of benzene rings is 1. The van der Waals surface area contributed by atoms with Crippen molar-refractivity contribution in [1.82, 2.24) is 20.2 Å². The molecule has 7 heteroatoms. The standard InChI is InChI=1S/C11H13ClN4OS/c1-8-2-3-9(10(12)6-8)7-18-11-13-14-15-16(11)4-5-17/h2-3,6,17H,4-5,7H2,1H3. The first kappa shape index (κ1) is 13.3. The van der Waals surface area contributed by atoms with Gasteiger partial charge in [-0.25, -0.2) is 4.68 Å². The lowest BCUT2D eigenvalue weighted by molar-refractivity contribution is 0.262. The van der Waals surface area contributed by atoms with Gasteiger partial charge in [-0.15, -0.1) is 5.10 Å². The van der Waals surface area contributed by atoms with Crippen molar-refractivity contribution in [1.29, 1.82) is 0 Å². The third-order valence-corrected chi connectivity index (χ3v) is 3.73. The fourth-order valence-corrected chi connectivity index (χ4v) is 2.74. The monoisotopic (exact) mass is 284 g/mol. The van der Waals surface area contributed by atoms with E-state index >= 15 is 0 Å². The number of halogens is 1. The summed E-state index contributed by atoms with van der Waals surface area (Å²) < 4.78 is 1.58. The molecule has 1 heterocycles.